The standard InChI is InChI=1S/C9H13N3S/c1-13-9(4-5-9)7-10-8-3-2-6-11-12-8/h2-3,6H,4-5,7H2,1H3,(H,10,12). The molecule has 70 valence electrons. The lowest BCUT2D eigenvalue weighted by atomic mass is 10.4. The summed E-state index contributed by atoms with van der Waals surface area (Å²) in [6.45, 7) is 1.01. The average Bonchev–Trinajstić information content (AvgIpc) is 2.97. The molecule has 0 aromatic carbocycles. The van der Waals surface area contributed by atoms with Crippen LogP contribution in [0, 0.1) is 0 Å². The van der Waals surface area contributed by atoms with Gasteiger partial charge >= 0.3 is 0 Å². The van der Waals surface area contributed by atoms with Crippen molar-refractivity contribution >= 4 is 17.6 Å². The maximum atomic E-state index is 3.97. The zero-order valence-electron chi connectivity index (χ0n) is 7.66. The Morgan fingerprint density at radius 1 is 1.62 bits per heavy atom. The van der Waals surface area contributed by atoms with Gasteiger partial charge in [-0.15, -0.1) is 5.10 Å². The molecule has 3 nitrogen and oxygen atoms in total. The second kappa shape index (κ2) is 3.54. The molecule has 0 aliphatic heterocycles. The average molecular weight is 195 g/mol. The zero-order valence-corrected chi connectivity index (χ0v) is 8.47. The highest BCUT2D eigenvalue weighted by atomic mass is 32.2. The van der Waals surface area contributed by atoms with Crippen LogP contribution in [0.2, 0.25) is 0 Å². The van der Waals surface area contributed by atoms with Crippen molar-refractivity contribution in [1.82, 2.24) is 10.2 Å². The monoisotopic (exact) mass is 195 g/mol. The summed E-state index contributed by atoms with van der Waals surface area (Å²) in [5.74, 6) is 0.878. The molecule has 1 aliphatic carbocycles. The first-order chi connectivity index (χ1) is 6.35. The van der Waals surface area contributed by atoms with E-state index in [1.165, 1.54) is 12.8 Å². The quantitative estimate of drug-likeness (QED) is 0.794. The van der Waals surface area contributed by atoms with Crippen LogP contribution in [0.1, 0.15) is 12.8 Å². The van der Waals surface area contributed by atoms with Crippen molar-refractivity contribution < 1.29 is 0 Å². The molecule has 1 aliphatic rings. The molecule has 0 bridgehead atoms. The summed E-state index contributed by atoms with van der Waals surface area (Å²) in [5.41, 5.74) is 0. The van der Waals surface area contributed by atoms with Crippen LogP contribution in [0.5, 0.6) is 0 Å². The van der Waals surface area contributed by atoms with E-state index in [4.69, 9.17) is 0 Å². The second-order valence-corrected chi connectivity index (χ2v) is 4.62. The minimum absolute atomic E-state index is 0.484. The van der Waals surface area contributed by atoms with Crippen LogP contribution in [0.25, 0.3) is 0 Å². The van der Waals surface area contributed by atoms with Crippen molar-refractivity contribution in [3.8, 4) is 0 Å². The Kier molecular flexibility index (Phi) is 2.40. The van der Waals surface area contributed by atoms with Crippen LogP contribution in [0.15, 0.2) is 18.3 Å². The van der Waals surface area contributed by atoms with Gasteiger partial charge < -0.3 is 5.32 Å². The minimum atomic E-state index is 0.484. The predicted molar refractivity (Wildman–Crippen MR) is 56.0 cm³/mol. The van der Waals surface area contributed by atoms with Gasteiger partial charge in [-0.3, -0.25) is 0 Å². The smallest absolute Gasteiger partial charge is 0.148 e. The van der Waals surface area contributed by atoms with E-state index in [9.17, 15) is 0 Å². The Morgan fingerprint density at radius 2 is 2.46 bits per heavy atom. The first kappa shape index (κ1) is 8.81. The molecule has 1 fully saturated rings. The Bertz CT molecular complexity index is 271. The molecule has 1 N–H and O–H groups in total. The van der Waals surface area contributed by atoms with Gasteiger partial charge in [-0.05, 0) is 31.2 Å². The van der Waals surface area contributed by atoms with Gasteiger partial charge in [-0.1, -0.05) is 0 Å². The van der Waals surface area contributed by atoms with E-state index in [0.717, 1.165) is 12.4 Å². The summed E-state index contributed by atoms with van der Waals surface area (Å²) in [6.07, 6.45) is 6.50. The maximum Gasteiger partial charge on any atom is 0.148 e. The van der Waals surface area contributed by atoms with Gasteiger partial charge in [0.15, 0.2) is 0 Å². The van der Waals surface area contributed by atoms with E-state index >= 15 is 0 Å². The number of hydrogen-bond acceptors (Lipinski definition) is 4. The fraction of sp³-hybridized carbons (Fsp3) is 0.556. The van der Waals surface area contributed by atoms with Gasteiger partial charge in [0.25, 0.3) is 0 Å². The normalized spacial score (nSPS) is 18.2. The molecule has 1 aromatic rings. The SMILES string of the molecule is CSC1(CNc2cccnn2)CC1. The Morgan fingerprint density at radius 3 is 3.00 bits per heavy atom. The molecule has 2 rings (SSSR count). The summed E-state index contributed by atoms with van der Waals surface area (Å²) < 4.78 is 0.484. The molecule has 0 radical (unpaired) electrons. The van der Waals surface area contributed by atoms with Crippen LogP contribution in [0.4, 0.5) is 5.82 Å². The first-order valence-corrected chi connectivity index (χ1v) is 5.64. The molecule has 13 heavy (non-hydrogen) atoms. The Balaban J connectivity index is 1.86. The molecule has 0 saturated heterocycles. The topological polar surface area (TPSA) is 37.8 Å². The number of thioether (sulfide) groups is 1. The van der Waals surface area contributed by atoms with E-state index in [-0.39, 0.29) is 0 Å². The lowest BCUT2D eigenvalue weighted by Crippen LogP contribution is -2.18. The fourth-order valence-corrected chi connectivity index (χ4v) is 1.97. The highest BCUT2D eigenvalue weighted by Gasteiger charge is 2.41. The van der Waals surface area contributed by atoms with Gasteiger partial charge in [0.2, 0.25) is 0 Å². The highest BCUT2D eigenvalue weighted by Crippen LogP contribution is 2.46. The molecular weight excluding hydrogens is 182 g/mol. The van der Waals surface area contributed by atoms with E-state index in [1.54, 1.807) is 6.20 Å². The van der Waals surface area contributed by atoms with Crippen molar-refractivity contribution in [3.63, 3.8) is 0 Å². The largest absolute Gasteiger partial charge is 0.367 e. The van der Waals surface area contributed by atoms with E-state index in [0.29, 0.717) is 4.75 Å². The molecule has 1 heterocycles. The molecule has 4 heteroatoms. The molecule has 0 unspecified atom stereocenters. The van der Waals surface area contributed by atoms with Crippen LogP contribution < -0.4 is 5.32 Å². The van der Waals surface area contributed by atoms with Crippen molar-refractivity contribution in [2.45, 2.75) is 17.6 Å². The number of rotatable bonds is 4. The highest BCUT2D eigenvalue weighted by molar-refractivity contribution is 8.00. The summed E-state index contributed by atoms with van der Waals surface area (Å²) >= 11 is 1.95. The number of anilines is 1. The zero-order chi connectivity index (χ0) is 9.15. The molecule has 1 aromatic heterocycles. The van der Waals surface area contributed by atoms with Crippen molar-refractivity contribution in [1.29, 1.82) is 0 Å². The number of nitrogens with zero attached hydrogens (tertiary/aromatic N) is 2. The van der Waals surface area contributed by atoms with E-state index < -0.39 is 0 Å². The Hall–Kier alpha value is -0.770. The van der Waals surface area contributed by atoms with Gasteiger partial charge in [0.1, 0.15) is 5.82 Å². The fourth-order valence-electron chi connectivity index (χ4n) is 1.24. The summed E-state index contributed by atoms with van der Waals surface area (Å²) in [5, 5.41) is 11.1. The number of hydrogen-bond donors (Lipinski definition) is 1. The number of nitrogens with one attached hydrogen (secondary N) is 1. The third-order valence-electron chi connectivity index (χ3n) is 2.40. The summed E-state index contributed by atoms with van der Waals surface area (Å²) in [4.78, 5) is 0. The van der Waals surface area contributed by atoms with Crippen molar-refractivity contribution in [3.05, 3.63) is 18.3 Å². The third-order valence-corrected chi connectivity index (χ3v) is 3.82. The predicted octanol–water partition coefficient (Wildman–Crippen LogP) is 1.78. The Labute approximate surface area is 82.3 Å². The van der Waals surface area contributed by atoms with E-state index in [1.807, 2.05) is 23.9 Å². The van der Waals surface area contributed by atoms with Gasteiger partial charge in [-0.25, -0.2) is 0 Å². The van der Waals surface area contributed by atoms with Crippen LogP contribution >= 0.6 is 11.8 Å². The van der Waals surface area contributed by atoms with Crippen LogP contribution in [-0.2, 0) is 0 Å². The van der Waals surface area contributed by atoms with Crippen LogP contribution in [-0.4, -0.2) is 27.7 Å². The summed E-state index contributed by atoms with van der Waals surface area (Å²) in [7, 11) is 0. The molecule has 1 saturated carbocycles. The number of aromatic nitrogens is 2. The minimum Gasteiger partial charge on any atom is -0.367 e. The van der Waals surface area contributed by atoms with E-state index in [2.05, 4.69) is 21.8 Å². The van der Waals surface area contributed by atoms with Gasteiger partial charge in [0, 0.05) is 17.5 Å². The molecule has 0 amide bonds. The molecular formula is C9H13N3S. The lowest BCUT2D eigenvalue weighted by Gasteiger charge is -2.12. The van der Waals surface area contributed by atoms with Gasteiger partial charge in [0.05, 0.1) is 0 Å². The first-order valence-electron chi connectivity index (χ1n) is 4.41. The third kappa shape index (κ3) is 2.12. The lowest BCUT2D eigenvalue weighted by molar-refractivity contribution is 0.922. The maximum absolute atomic E-state index is 3.97. The second-order valence-electron chi connectivity index (χ2n) is 3.35. The molecule has 0 atom stereocenters. The molecule has 0 spiro atoms. The van der Waals surface area contributed by atoms with Crippen molar-refractivity contribution in [2.75, 3.05) is 18.1 Å². The van der Waals surface area contributed by atoms with Gasteiger partial charge in [-0.2, -0.15) is 16.9 Å². The van der Waals surface area contributed by atoms with Crippen LogP contribution in [0.3, 0.4) is 0 Å². The summed E-state index contributed by atoms with van der Waals surface area (Å²) in [6, 6.07) is 3.84. The van der Waals surface area contributed by atoms with Crippen molar-refractivity contribution in [2.24, 2.45) is 0 Å².